The third kappa shape index (κ3) is 4.60. The van der Waals surface area contributed by atoms with Gasteiger partial charge >= 0.3 is 0 Å². The molecule has 2 heterocycles. The summed E-state index contributed by atoms with van der Waals surface area (Å²) in [5.74, 6) is 1.51. The predicted octanol–water partition coefficient (Wildman–Crippen LogP) is 1.86. The number of aryl methyl sites for hydroxylation is 1. The second-order valence-electron chi connectivity index (χ2n) is 6.96. The number of carbonyl (C=O) groups excluding carboxylic acids is 2. The van der Waals surface area contributed by atoms with Gasteiger partial charge in [0, 0.05) is 30.3 Å². The molecule has 2 amide bonds. The number of fused-ring (bicyclic) bond motifs is 2. The molecule has 0 bridgehead atoms. The van der Waals surface area contributed by atoms with E-state index < -0.39 is 6.10 Å². The van der Waals surface area contributed by atoms with Gasteiger partial charge in [-0.25, -0.2) is 0 Å². The maximum atomic E-state index is 12.4. The van der Waals surface area contributed by atoms with Crippen LogP contribution in [0.1, 0.15) is 28.8 Å². The van der Waals surface area contributed by atoms with Crippen molar-refractivity contribution < 1.29 is 28.9 Å². The van der Waals surface area contributed by atoms with E-state index >= 15 is 0 Å². The van der Waals surface area contributed by atoms with Crippen LogP contribution in [0.4, 0.5) is 5.69 Å². The molecule has 0 fully saturated rings. The maximum Gasteiger partial charge on any atom is 0.251 e. The average molecular weight is 398 g/mol. The monoisotopic (exact) mass is 398 g/mol. The molecule has 152 valence electrons. The lowest BCUT2D eigenvalue weighted by Crippen LogP contribution is -2.35. The first-order valence-corrected chi connectivity index (χ1v) is 9.50. The standard InChI is InChI=1S/C21H22N2O6/c24-15(11-27-16-5-7-18-19(9-16)29-12-28-18)10-22-21(26)14-4-6-17-13(8-14)2-1-3-20(25)23-17/h4-9,15,24H,1-3,10-12H2,(H,22,26)(H,23,25). The molecule has 2 aromatic rings. The number of rotatable bonds is 6. The van der Waals surface area contributed by atoms with E-state index in [1.54, 1.807) is 36.4 Å². The second kappa shape index (κ2) is 8.40. The summed E-state index contributed by atoms with van der Waals surface area (Å²) < 4.78 is 16.1. The summed E-state index contributed by atoms with van der Waals surface area (Å²) in [6.45, 7) is 0.260. The van der Waals surface area contributed by atoms with E-state index in [-0.39, 0.29) is 31.8 Å². The van der Waals surface area contributed by atoms with Gasteiger partial charge in [-0.3, -0.25) is 9.59 Å². The van der Waals surface area contributed by atoms with Crippen molar-refractivity contribution in [2.24, 2.45) is 0 Å². The van der Waals surface area contributed by atoms with Crippen LogP contribution < -0.4 is 24.8 Å². The summed E-state index contributed by atoms with van der Waals surface area (Å²) in [7, 11) is 0. The lowest BCUT2D eigenvalue weighted by atomic mass is 10.0. The summed E-state index contributed by atoms with van der Waals surface area (Å²) in [6, 6.07) is 10.4. The first kappa shape index (κ1) is 19.1. The first-order chi connectivity index (χ1) is 14.1. The Morgan fingerprint density at radius 3 is 2.93 bits per heavy atom. The van der Waals surface area contributed by atoms with E-state index in [4.69, 9.17) is 14.2 Å². The van der Waals surface area contributed by atoms with Gasteiger partial charge in [0.25, 0.3) is 5.91 Å². The molecule has 0 spiro atoms. The summed E-state index contributed by atoms with van der Waals surface area (Å²) >= 11 is 0. The zero-order valence-corrected chi connectivity index (χ0v) is 15.8. The van der Waals surface area contributed by atoms with Gasteiger partial charge in [0.1, 0.15) is 18.5 Å². The van der Waals surface area contributed by atoms with Gasteiger partial charge in [0.05, 0.1) is 0 Å². The molecular weight excluding hydrogens is 376 g/mol. The van der Waals surface area contributed by atoms with E-state index in [1.807, 2.05) is 0 Å². The quantitative estimate of drug-likeness (QED) is 0.686. The van der Waals surface area contributed by atoms with Crippen molar-refractivity contribution in [1.82, 2.24) is 5.32 Å². The van der Waals surface area contributed by atoms with Gasteiger partial charge in [-0.15, -0.1) is 0 Å². The summed E-state index contributed by atoms with van der Waals surface area (Å²) in [6.07, 6.45) is 1.09. The van der Waals surface area contributed by atoms with Crippen LogP contribution in [0.5, 0.6) is 17.2 Å². The van der Waals surface area contributed by atoms with Crippen LogP contribution in [0.2, 0.25) is 0 Å². The number of amides is 2. The predicted molar refractivity (Wildman–Crippen MR) is 104 cm³/mol. The Labute approximate surface area is 167 Å². The van der Waals surface area contributed by atoms with Crippen molar-refractivity contribution in [3.05, 3.63) is 47.5 Å². The van der Waals surface area contributed by atoms with E-state index in [9.17, 15) is 14.7 Å². The lowest BCUT2D eigenvalue weighted by Gasteiger charge is -2.14. The maximum absolute atomic E-state index is 12.4. The first-order valence-electron chi connectivity index (χ1n) is 9.50. The number of aliphatic hydroxyl groups is 1. The van der Waals surface area contributed by atoms with Crippen LogP contribution in [0, 0.1) is 0 Å². The van der Waals surface area contributed by atoms with E-state index in [1.165, 1.54) is 0 Å². The highest BCUT2D eigenvalue weighted by molar-refractivity contribution is 5.97. The van der Waals surface area contributed by atoms with Gasteiger partial charge < -0.3 is 30.0 Å². The molecule has 8 nitrogen and oxygen atoms in total. The van der Waals surface area contributed by atoms with Crippen LogP contribution in [-0.2, 0) is 11.2 Å². The smallest absolute Gasteiger partial charge is 0.251 e. The van der Waals surface area contributed by atoms with Crippen molar-refractivity contribution in [3.63, 3.8) is 0 Å². The fourth-order valence-electron chi connectivity index (χ4n) is 3.25. The van der Waals surface area contributed by atoms with Gasteiger partial charge in [-0.2, -0.15) is 0 Å². The Balaban J connectivity index is 1.28. The van der Waals surface area contributed by atoms with Gasteiger partial charge in [-0.1, -0.05) is 0 Å². The van der Waals surface area contributed by atoms with Crippen LogP contribution in [0.3, 0.4) is 0 Å². The number of hydrogen-bond donors (Lipinski definition) is 3. The van der Waals surface area contributed by atoms with E-state index in [0.717, 1.165) is 24.1 Å². The average Bonchev–Trinajstić information content (AvgIpc) is 3.11. The Bertz CT molecular complexity index is 929. The molecule has 3 N–H and O–H groups in total. The molecule has 0 aromatic heterocycles. The zero-order valence-electron chi connectivity index (χ0n) is 15.8. The molecule has 4 rings (SSSR count). The molecule has 2 aromatic carbocycles. The van der Waals surface area contributed by atoms with Crippen molar-refractivity contribution in [1.29, 1.82) is 0 Å². The molecule has 29 heavy (non-hydrogen) atoms. The molecule has 0 saturated heterocycles. The molecule has 0 saturated carbocycles. The SMILES string of the molecule is O=C1CCCc2cc(C(=O)NCC(O)COc3ccc4c(c3)OCO4)ccc2N1. The van der Waals surface area contributed by atoms with Crippen LogP contribution in [-0.4, -0.2) is 43.0 Å². The normalized spacial score (nSPS) is 15.7. The largest absolute Gasteiger partial charge is 0.491 e. The number of aliphatic hydroxyl groups excluding tert-OH is 1. The number of ether oxygens (including phenoxy) is 3. The van der Waals surface area contributed by atoms with Crippen molar-refractivity contribution in [3.8, 4) is 17.2 Å². The second-order valence-corrected chi connectivity index (χ2v) is 6.96. The number of anilines is 1. The minimum Gasteiger partial charge on any atom is -0.491 e. The van der Waals surface area contributed by atoms with E-state index in [0.29, 0.717) is 29.2 Å². The minimum atomic E-state index is -0.871. The molecule has 8 heteroatoms. The summed E-state index contributed by atoms with van der Waals surface area (Å²) in [4.78, 5) is 24.0. The summed E-state index contributed by atoms with van der Waals surface area (Å²) in [5.41, 5.74) is 2.18. The number of nitrogens with one attached hydrogen (secondary N) is 2. The molecule has 1 unspecified atom stereocenters. The fraction of sp³-hybridized carbons (Fsp3) is 0.333. The lowest BCUT2D eigenvalue weighted by molar-refractivity contribution is -0.116. The highest BCUT2D eigenvalue weighted by atomic mass is 16.7. The Morgan fingerprint density at radius 1 is 1.17 bits per heavy atom. The zero-order chi connectivity index (χ0) is 20.2. The number of benzene rings is 2. The van der Waals surface area contributed by atoms with Gasteiger partial charge in [0.2, 0.25) is 12.7 Å². The molecular formula is C21H22N2O6. The van der Waals surface area contributed by atoms with Crippen LogP contribution in [0.25, 0.3) is 0 Å². The van der Waals surface area contributed by atoms with Gasteiger partial charge in [-0.05, 0) is 48.7 Å². The minimum absolute atomic E-state index is 0.00784. The van der Waals surface area contributed by atoms with E-state index in [2.05, 4.69) is 10.6 Å². The van der Waals surface area contributed by atoms with Crippen molar-refractivity contribution in [2.45, 2.75) is 25.4 Å². The molecule has 2 aliphatic rings. The molecule has 2 aliphatic heterocycles. The topological polar surface area (TPSA) is 106 Å². The molecule has 0 aliphatic carbocycles. The fourth-order valence-corrected chi connectivity index (χ4v) is 3.25. The molecule has 0 radical (unpaired) electrons. The summed E-state index contributed by atoms with van der Waals surface area (Å²) in [5, 5.41) is 15.7. The Hall–Kier alpha value is -3.26. The highest BCUT2D eigenvalue weighted by Gasteiger charge is 2.17. The number of carbonyl (C=O) groups is 2. The Morgan fingerprint density at radius 2 is 2.03 bits per heavy atom. The van der Waals surface area contributed by atoms with Gasteiger partial charge in [0.15, 0.2) is 11.5 Å². The van der Waals surface area contributed by atoms with Crippen LogP contribution in [0.15, 0.2) is 36.4 Å². The third-order valence-electron chi connectivity index (χ3n) is 4.78. The van der Waals surface area contributed by atoms with Crippen LogP contribution >= 0.6 is 0 Å². The van der Waals surface area contributed by atoms with Crippen molar-refractivity contribution >= 4 is 17.5 Å². The number of hydrogen-bond acceptors (Lipinski definition) is 6. The molecule has 1 atom stereocenters. The Kier molecular flexibility index (Phi) is 5.53. The van der Waals surface area contributed by atoms with Crippen molar-refractivity contribution in [2.75, 3.05) is 25.3 Å². The third-order valence-corrected chi connectivity index (χ3v) is 4.78. The highest BCUT2D eigenvalue weighted by Crippen LogP contribution is 2.35.